The maximum absolute atomic E-state index is 13.1. The molecule has 1 N–H and O–H groups in total. The smallest absolute Gasteiger partial charge is 0.322 e. The number of hydrogen-bond donors (Lipinski definition) is 1. The van der Waals surface area contributed by atoms with E-state index in [-0.39, 0.29) is 17.0 Å². The van der Waals surface area contributed by atoms with E-state index >= 15 is 0 Å². The Bertz CT molecular complexity index is 629. The Balaban J connectivity index is 2.45. The highest BCUT2D eigenvalue weighted by molar-refractivity contribution is 7.89. The largest absolute Gasteiger partial charge is 0.480 e. The van der Waals surface area contributed by atoms with E-state index < -0.39 is 27.9 Å². The first-order valence-corrected chi connectivity index (χ1v) is 7.79. The van der Waals surface area contributed by atoms with Crippen LogP contribution >= 0.6 is 0 Å². The van der Waals surface area contributed by atoms with E-state index in [4.69, 9.17) is 5.11 Å². The summed E-state index contributed by atoms with van der Waals surface area (Å²) in [5, 5.41) is 9.17. The Morgan fingerprint density at radius 1 is 1.40 bits per heavy atom. The third-order valence-corrected chi connectivity index (χ3v) is 5.53. The van der Waals surface area contributed by atoms with Crippen molar-refractivity contribution in [2.75, 3.05) is 6.54 Å². The van der Waals surface area contributed by atoms with Gasteiger partial charge in [0.1, 0.15) is 11.9 Å². The zero-order valence-corrected chi connectivity index (χ0v) is 11.9. The fourth-order valence-electron chi connectivity index (χ4n) is 2.47. The Morgan fingerprint density at radius 2 is 2.10 bits per heavy atom. The van der Waals surface area contributed by atoms with Gasteiger partial charge >= 0.3 is 5.97 Å². The number of carboxylic acid groups (broad SMARTS) is 1. The van der Waals surface area contributed by atoms with Gasteiger partial charge in [-0.3, -0.25) is 4.79 Å². The van der Waals surface area contributed by atoms with Crippen LogP contribution in [0.15, 0.2) is 23.1 Å². The molecule has 0 aliphatic carbocycles. The predicted molar refractivity (Wildman–Crippen MR) is 70.3 cm³/mol. The minimum atomic E-state index is -3.92. The summed E-state index contributed by atoms with van der Waals surface area (Å²) in [7, 11) is -3.92. The minimum absolute atomic E-state index is 0.0351. The first-order valence-electron chi connectivity index (χ1n) is 6.35. The van der Waals surface area contributed by atoms with E-state index in [0.717, 1.165) is 16.4 Å². The van der Waals surface area contributed by atoms with Gasteiger partial charge in [0.25, 0.3) is 0 Å². The second kappa shape index (κ2) is 5.49. The Labute approximate surface area is 117 Å². The third-order valence-electron chi connectivity index (χ3n) is 3.46. The average Bonchev–Trinajstić information content (AvgIpc) is 2.38. The lowest BCUT2D eigenvalue weighted by Crippen LogP contribution is -2.47. The molecular formula is C13H16FNO4S. The van der Waals surface area contributed by atoms with Crippen LogP contribution in [0.5, 0.6) is 0 Å². The number of aliphatic carboxylic acids is 1. The van der Waals surface area contributed by atoms with Crippen LogP contribution in [-0.2, 0) is 14.8 Å². The van der Waals surface area contributed by atoms with Gasteiger partial charge in [-0.25, -0.2) is 12.8 Å². The SMILES string of the molecule is Cc1cc(F)ccc1S(=O)(=O)N1CCCCC1C(=O)O. The number of hydrogen-bond acceptors (Lipinski definition) is 3. The average molecular weight is 301 g/mol. The van der Waals surface area contributed by atoms with Crippen molar-refractivity contribution in [2.24, 2.45) is 0 Å². The zero-order valence-electron chi connectivity index (χ0n) is 11.0. The van der Waals surface area contributed by atoms with E-state index in [1.807, 2.05) is 0 Å². The Morgan fingerprint density at radius 3 is 2.70 bits per heavy atom. The molecule has 5 nitrogen and oxygen atoms in total. The van der Waals surface area contributed by atoms with Gasteiger partial charge in [-0.1, -0.05) is 0 Å². The topological polar surface area (TPSA) is 74.7 Å². The molecular weight excluding hydrogens is 285 g/mol. The molecule has 1 atom stereocenters. The molecule has 0 radical (unpaired) electrons. The molecule has 1 fully saturated rings. The van der Waals surface area contributed by atoms with Gasteiger partial charge in [0.05, 0.1) is 4.90 Å². The van der Waals surface area contributed by atoms with Gasteiger partial charge in [-0.2, -0.15) is 4.31 Å². The summed E-state index contributed by atoms with van der Waals surface area (Å²) in [6.45, 7) is 1.67. The molecule has 1 aliphatic rings. The molecule has 0 amide bonds. The van der Waals surface area contributed by atoms with Crippen molar-refractivity contribution in [1.82, 2.24) is 4.31 Å². The van der Waals surface area contributed by atoms with Crippen molar-refractivity contribution < 1.29 is 22.7 Å². The number of sulfonamides is 1. The van der Waals surface area contributed by atoms with Crippen LogP contribution < -0.4 is 0 Å². The van der Waals surface area contributed by atoms with Crippen LogP contribution in [0.4, 0.5) is 4.39 Å². The molecule has 1 saturated heterocycles. The Kier molecular flexibility index (Phi) is 4.10. The van der Waals surface area contributed by atoms with E-state index in [9.17, 15) is 17.6 Å². The first kappa shape index (κ1) is 14.9. The molecule has 1 unspecified atom stereocenters. The van der Waals surface area contributed by atoms with Crippen LogP contribution in [0.2, 0.25) is 0 Å². The zero-order chi connectivity index (χ0) is 14.9. The summed E-state index contributed by atoms with van der Waals surface area (Å²) < 4.78 is 39.2. The quantitative estimate of drug-likeness (QED) is 0.923. The molecule has 1 heterocycles. The Hall–Kier alpha value is -1.47. The van der Waals surface area contributed by atoms with Crippen LogP contribution in [0, 0.1) is 12.7 Å². The van der Waals surface area contributed by atoms with Gasteiger partial charge in [0.2, 0.25) is 10.0 Å². The second-order valence-electron chi connectivity index (χ2n) is 4.88. The number of rotatable bonds is 3. The number of benzene rings is 1. The molecule has 1 aromatic rings. The van der Waals surface area contributed by atoms with E-state index in [0.29, 0.717) is 19.3 Å². The van der Waals surface area contributed by atoms with Crippen molar-refractivity contribution in [3.05, 3.63) is 29.6 Å². The summed E-state index contributed by atoms with van der Waals surface area (Å²) in [6.07, 6.45) is 1.61. The van der Waals surface area contributed by atoms with Crippen molar-refractivity contribution in [3.63, 3.8) is 0 Å². The van der Waals surface area contributed by atoms with Crippen LogP contribution in [0.1, 0.15) is 24.8 Å². The van der Waals surface area contributed by atoms with Gasteiger partial charge < -0.3 is 5.11 Å². The highest BCUT2D eigenvalue weighted by Crippen LogP contribution is 2.27. The number of nitrogens with zero attached hydrogens (tertiary/aromatic N) is 1. The van der Waals surface area contributed by atoms with Crippen molar-refractivity contribution >= 4 is 16.0 Å². The lowest BCUT2D eigenvalue weighted by atomic mass is 10.1. The van der Waals surface area contributed by atoms with Crippen LogP contribution in [-0.4, -0.2) is 36.4 Å². The van der Waals surface area contributed by atoms with E-state index in [1.54, 1.807) is 0 Å². The van der Waals surface area contributed by atoms with Crippen LogP contribution in [0.25, 0.3) is 0 Å². The summed E-state index contributed by atoms with van der Waals surface area (Å²) in [5.74, 6) is -1.66. The van der Waals surface area contributed by atoms with Gasteiger partial charge in [-0.05, 0) is 49.9 Å². The van der Waals surface area contributed by atoms with Gasteiger partial charge in [0.15, 0.2) is 0 Å². The standard InChI is InChI=1S/C13H16FNO4S/c1-9-8-10(14)5-6-12(9)20(18,19)15-7-3-2-4-11(15)13(16)17/h5-6,8,11H,2-4,7H2,1H3,(H,16,17). The maximum atomic E-state index is 13.1. The summed E-state index contributed by atoms with van der Waals surface area (Å²) in [5.41, 5.74) is 0.278. The fraction of sp³-hybridized carbons (Fsp3) is 0.462. The number of carbonyl (C=O) groups is 1. The van der Waals surface area contributed by atoms with Gasteiger partial charge in [-0.15, -0.1) is 0 Å². The highest BCUT2D eigenvalue weighted by atomic mass is 32.2. The lowest BCUT2D eigenvalue weighted by Gasteiger charge is -2.32. The lowest BCUT2D eigenvalue weighted by molar-refractivity contribution is -0.142. The number of carboxylic acids is 1. The number of aryl methyl sites for hydroxylation is 1. The number of piperidine rings is 1. The molecule has 20 heavy (non-hydrogen) atoms. The predicted octanol–water partition coefficient (Wildman–Crippen LogP) is 1.76. The molecule has 110 valence electrons. The summed E-state index contributed by atoms with van der Waals surface area (Å²) in [6, 6.07) is 2.35. The molecule has 0 spiro atoms. The highest BCUT2D eigenvalue weighted by Gasteiger charge is 2.38. The molecule has 0 aromatic heterocycles. The van der Waals surface area contributed by atoms with Gasteiger partial charge in [0, 0.05) is 6.54 Å². The second-order valence-corrected chi connectivity index (χ2v) is 6.73. The molecule has 1 aromatic carbocycles. The number of halogens is 1. The fourth-order valence-corrected chi connectivity index (χ4v) is 4.33. The van der Waals surface area contributed by atoms with Crippen molar-refractivity contribution in [1.29, 1.82) is 0 Å². The summed E-state index contributed by atoms with van der Waals surface area (Å²) >= 11 is 0. The minimum Gasteiger partial charge on any atom is -0.480 e. The molecule has 0 saturated carbocycles. The third kappa shape index (κ3) is 2.69. The van der Waals surface area contributed by atoms with Crippen molar-refractivity contribution in [2.45, 2.75) is 37.1 Å². The van der Waals surface area contributed by atoms with Crippen molar-refractivity contribution in [3.8, 4) is 0 Å². The van der Waals surface area contributed by atoms with E-state index in [2.05, 4.69) is 0 Å². The molecule has 7 heteroatoms. The normalized spacial score (nSPS) is 20.8. The summed E-state index contributed by atoms with van der Waals surface area (Å²) in [4.78, 5) is 11.2. The first-order chi connectivity index (χ1) is 9.34. The van der Waals surface area contributed by atoms with E-state index in [1.165, 1.54) is 13.0 Å². The molecule has 0 bridgehead atoms. The monoisotopic (exact) mass is 301 g/mol. The molecule has 2 rings (SSSR count). The molecule has 1 aliphatic heterocycles. The van der Waals surface area contributed by atoms with Crippen LogP contribution in [0.3, 0.4) is 0 Å². The maximum Gasteiger partial charge on any atom is 0.322 e.